The normalized spacial score (nSPS) is 15.9. The van der Waals surface area contributed by atoms with Crippen LogP contribution >= 0.6 is 11.3 Å². The lowest BCUT2D eigenvalue weighted by Gasteiger charge is -2.31. The van der Waals surface area contributed by atoms with E-state index >= 15 is 0 Å². The van der Waals surface area contributed by atoms with Crippen molar-refractivity contribution in [3.05, 3.63) is 58.3 Å². The average Bonchev–Trinajstić information content (AvgIpc) is 2.98. The van der Waals surface area contributed by atoms with Gasteiger partial charge in [0.1, 0.15) is 0 Å². The van der Waals surface area contributed by atoms with Crippen LogP contribution in [0.25, 0.3) is 0 Å². The van der Waals surface area contributed by atoms with E-state index in [1.165, 1.54) is 17.5 Å². The molecule has 0 saturated heterocycles. The summed E-state index contributed by atoms with van der Waals surface area (Å²) < 4.78 is 0. The fourth-order valence-corrected chi connectivity index (χ4v) is 3.48. The minimum atomic E-state index is 0.392. The predicted octanol–water partition coefficient (Wildman–Crippen LogP) is 4.84. The van der Waals surface area contributed by atoms with Crippen LogP contribution in [0.2, 0.25) is 0 Å². The second-order valence-electron chi connectivity index (χ2n) is 5.15. The lowest BCUT2D eigenvalue weighted by Crippen LogP contribution is -2.27. The molecule has 0 saturated carbocycles. The van der Waals surface area contributed by atoms with E-state index < -0.39 is 0 Å². The molecule has 0 aliphatic heterocycles. The van der Waals surface area contributed by atoms with Crippen molar-refractivity contribution in [2.24, 2.45) is 5.92 Å². The third-order valence-corrected chi connectivity index (χ3v) is 4.72. The molecule has 102 valence electrons. The molecule has 2 rings (SSSR count). The van der Waals surface area contributed by atoms with Gasteiger partial charge in [-0.3, -0.25) is 0 Å². The summed E-state index contributed by atoms with van der Waals surface area (Å²) in [7, 11) is 2.07. The summed E-state index contributed by atoms with van der Waals surface area (Å²) in [6.07, 6.45) is 1.20. The highest BCUT2D eigenvalue weighted by Gasteiger charge is 2.27. The zero-order valence-electron chi connectivity index (χ0n) is 12.0. The molecular formula is C17H23NS. The molecule has 0 aliphatic carbocycles. The molecule has 0 radical (unpaired) electrons. The monoisotopic (exact) mass is 273 g/mol. The Morgan fingerprint density at radius 3 is 2.37 bits per heavy atom. The van der Waals surface area contributed by atoms with Crippen molar-refractivity contribution < 1.29 is 0 Å². The summed E-state index contributed by atoms with van der Waals surface area (Å²) in [5, 5.41) is 7.95. The SMILES string of the molecule is CCC(C)C(c1ccccc1)C(NC)c1ccsc1. The summed E-state index contributed by atoms with van der Waals surface area (Å²) in [6, 6.07) is 13.5. The van der Waals surface area contributed by atoms with Crippen molar-refractivity contribution in [1.29, 1.82) is 0 Å². The minimum absolute atomic E-state index is 0.392. The van der Waals surface area contributed by atoms with Gasteiger partial charge in [0.15, 0.2) is 0 Å². The number of hydrogen-bond acceptors (Lipinski definition) is 2. The molecule has 19 heavy (non-hydrogen) atoms. The number of nitrogens with one attached hydrogen (secondary N) is 1. The minimum Gasteiger partial charge on any atom is -0.312 e. The van der Waals surface area contributed by atoms with Crippen molar-refractivity contribution in [3.63, 3.8) is 0 Å². The van der Waals surface area contributed by atoms with Crippen LogP contribution in [0.3, 0.4) is 0 Å². The molecule has 1 heterocycles. The summed E-state index contributed by atoms with van der Waals surface area (Å²) in [4.78, 5) is 0. The van der Waals surface area contributed by atoms with Crippen LogP contribution in [0, 0.1) is 5.92 Å². The van der Waals surface area contributed by atoms with Gasteiger partial charge in [0.25, 0.3) is 0 Å². The quantitative estimate of drug-likeness (QED) is 0.794. The molecule has 1 N–H and O–H groups in total. The maximum atomic E-state index is 3.52. The van der Waals surface area contributed by atoms with E-state index in [4.69, 9.17) is 0 Å². The fraction of sp³-hybridized carbons (Fsp3) is 0.412. The van der Waals surface area contributed by atoms with Crippen LogP contribution in [0.5, 0.6) is 0 Å². The van der Waals surface area contributed by atoms with Crippen LogP contribution in [0.15, 0.2) is 47.2 Å². The number of hydrogen-bond donors (Lipinski definition) is 1. The molecule has 2 heteroatoms. The second kappa shape index (κ2) is 6.88. The van der Waals surface area contributed by atoms with Gasteiger partial charge in [-0.15, -0.1) is 0 Å². The summed E-state index contributed by atoms with van der Waals surface area (Å²) >= 11 is 1.78. The highest BCUT2D eigenvalue weighted by molar-refractivity contribution is 7.07. The first-order chi connectivity index (χ1) is 9.27. The van der Waals surface area contributed by atoms with E-state index in [0.29, 0.717) is 17.9 Å². The first-order valence-electron chi connectivity index (χ1n) is 7.02. The number of rotatable bonds is 6. The Labute approximate surface area is 120 Å². The Morgan fingerprint density at radius 2 is 1.84 bits per heavy atom. The van der Waals surface area contributed by atoms with Crippen LogP contribution in [-0.4, -0.2) is 7.05 Å². The molecule has 1 nitrogen and oxygen atoms in total. The molecule has 3 unspecified atom stereocenters. The van der Waals surface area contributed by atoms with Gasteiger partial charge in [0.2, 0.25) is 0 Å². The third kappa shape index (κ3) is 3.26. The number of benzene rings is 1. The fourth-order valence-electron chi connectivity index (χ4n) is 2.78. The molecule has 0 amide bonds. The van der Waals surface area contributed by atoms with Gasteiger partial charge >= 0.3 is 0 Å². The van der Waals surface area contributed by atoms with Crippen LogP contribution in [-0.2, 0) is 0 Å². The van der Waals surface area contributed by atoms with Gasteiger partial charge in [-0.2, -0.15) is 11.3 Å². The maximum Gasteiger partial charge on any atom is 0.0397 e. The van der Waals surface area contributed by atoms with Gasteiger partial charge in [0.05, 0.1) is 0 Å². The smallest absolute Gasteiger partial charge is 0.0397 e. The van der Waals surface area contributed by atoms with Crippen molar-refractivity contribution >= 4 is 11.3 Å². The molecule has 0 fully saturated rings. The molecule has 0 aliphatic rings. The predicted molar refractivity (Wildman–Crippen MR) is 84.8 cm³/mol. The molecule has 3 atom stereocenters. The molecular weight excluding hydrogens is 250 g/mol. The van der Waals surface area contributed by atoms with Gasteiger partial charge in [-0.25, -0.2) is 0 Å². The van der Waals surface area contributed by atoms with Gasteiger partial charge in [-0.05, 0) is 40.9 Å². The molecule has 1 aromatic carbocycles. The first-order valence-corrected chi connectivity index (χ1v) is 7.96. The average molecular weight is 273 g/mol. The Balaban J connectivity index is 2.37. The third-order valence-electron chi connectivity index (χ3n) is 4.01. The van der Waals surface area contributed by atoms with Crippen LogP contribution in [0.1, 0.15) is 43.4 Å². The van der Waals surface area contributed by atoms with E-state index in [2.05, 4.69) is 73.4 Å². The summed E-state index contributed by atoms with van der Waals surface area (Å²) in [5.41, 5.74) is 2.84. The van der Waals surface area contributed by atoms with E-state index in [1.807, 2.05) is 0 Å². The number of likely N-dealkylation sites (N-methyl/N-ethyl adjacent to an activating group) is 1. The van der Waals surface area contributed by atoms with E-state index in [-0.39, 0.29) is 0 Å². The Hall–Kier alpha value is -1.12. The van der Waals surface area contributed by atoms with Crippen molar-refractivity contribution in [2.45, 2.75) is 32.2 Å². The Bertz CT molecular complexity index is 463. The highest BCUT2D eigenvalue weighted by atomic mass is 32.1. The van der Waals surface area contributed by atoms with Crippen LogP contribution < -0.4 is 5.32 Å². The molecule has 0 spiro atoms. The first kappa shape index (κ1) is 14.3. The maximum absolute atomic E-state index is 3.52. The van der Waals surface area contributed by atoms with Crippen molar-refractivity contribution in [2.75, 3.05) is 7.05 Å². The van der Waals surface area contributed by atoms with E-state index in [9.17, 15) is 0 Å². The summed E-state index contributed by atoms with van der Waals surface area (Å²) in [5.74, 6) is 1.17. The lowest BCUT2D eigenvalue weighted by atomic mass is 9.78. The molecule has 0 bridgehead atoms. The zero-order chi connectivity index (χ0) is 13.7. The second-order valence-corrected chi connectivity index (χ2v) is 5.93. The Morgan fingerprint density at radius 1 is 1.11 bits per heavy atom. The Kier molecular flexibility index (Phi) is 5.17. The van der Waals surface area contributed by atoms with E-state index in [1.54, 1.807) is 11.3 Å². The van der Waals surface area contributed by atoms with Crippen LogP contribution in [0.4, 0.5) is 0 Å². The zero-order valence-corrected chi connectivity index (χ0v) is 12.8. The van der Waals surface area contributed by atoms with Crippen molar-refractivity contribution in [3.8, 4) is 0 Å². The lowest BCUT2D eigenvalue weighted by molar-refractivity contribution is 0.355. The standard InChI is InChI=1S/C17H23NS/c1-4-13(2)16(14-8-6-5-7-9-14)17(18-3)15-10-11-19-12-15/h5-13,16-18H,4H2,1-3H3. The van der Waals surface area contributed by atoms with E-state index in [0.717, 1.165) is 0 Å². The highest BCUT2D eigenvalue weighted by Crippen LogP contribution is 2.38. The molecule has 1 aromatic heterocycles. The molecule has 2 aromatic rings. The van der Waals surface area contributed by atoms with Gasteiger partial charge < -0.3 is 5.32 Å². The van der Waals surface area contributed by atoms with Gasteiger partial charge in [0, 0.05) is 12.0 Å². The largest absolute Gasteiger partial charge is 0.312 e. The van der Waals surface area contributed by atoms with Gasteiger partial charge in [-0.1, -0.05) is 50.6 Å². The number of thiophene rings is 1. The summed E-state index contributed by atoms with van der Waals surface area (Å²) in [6.45, 7) is 4.63. The topological polar surface area (TPSA) is 12.0 Å². The van der Waals surface area contributed by atoms with Crippen molar-refractivity contribution in [1.82, 2.24) is 5.32 Å².